The van der Waals surface area contributed by atoms with Crippen LogP contribution in [0.1, 0.15) is 6.92 Å². The van der Waals surface area contributed by atoms with Crippen molar-refractivity contribution in [2.45, 2.75) is 13.1 Å². The van der Waals surface area contributed by atoms with Gasteiger partial charge >= 0.3 is 6.18 Å². The Balaban J connectivity index is 2.48. The largest absolute Gasteiger partial charge is 0.409 e. The zero-order valence-electron chi connectivity index (χ0n) is 10.5. The Morgan fingerprint density at radius 2 is 1.89 bits per heavy atom. The maximum absolute atomic E-state index is 12.2. The van der Waals surface area contributed by atoms with Gasteiger partial charge in [0.15, 0.2) is 5.84 Å². The number of hydrogen-bond donors (Lipinski definition) is 2. The van der Waals surface area contributed by atoms with Crippen LogP contribution in [0.2, 0.25) is 0 Å². The Bertz CT molecular complexity index is 351. The Morgan fingerprint density at radius 3 is 2.32 bits per heavy atom. The molecule has 0 aromatic rings. The molecule has 0 spiro atoms. The second-order valence-corrected chi connectivity index (χ2v) is 4.46. The number of amides is 1. The van der Waals surface area contributed by atoms with E-state index in [1.807, 2.05) is 0 Å². The topological polar surface area (TPSA) is 82.2 Å². The SMILES string of the molecule is CC(C(=O)N1CCN(CC(F)(F)F)CC1)C(N)=NO. The predicted octanol–water partition coefficient (Wildman–Crippen LogP) is 0.0754. The highest BCUT2D eigenvalue weighted by Gasteiger charge is 2.33. The highest BCUT2D eigenvalue weighted by atomic mass is 19.4. The van der Waals surface area contributed by atoms with Gasteiger partial charge < -0.3 is 15.8 Å². The molecule has 0 aromatic carbocycles. The minimum atomic E-state index is -4.23. The minimum absolute atomic E-state index is 0.161. The van der Waals surface area contributed by atoms with E-state index in [0.717, 1.165) is 0 Å². The second kappa shape index (κ2) is 6.09. The number of hydrogen-bond acceptors (Lipinski definition) is 4. The summed E-state index contributed by atoms with van der Waals surface area (Å²) in [7, 11) is 0. The van der Waals surface area contributed by atoms with E-state index in [4.69, 9.17) is 10.9 Å². The fraction of sp³-hybridized carbons (Fsp3) is 0.800. The van der Waals surface area contributed by atoms with Gasteiger partial charge in [-0.2, -0.15) is 13.2 Å². The maximum atomic E-state index is 12.2. The number of halogens is 3. The van der Waals surface area contributed by atoms with E-state index in [-0.39, 0.29) is 37.9 Å². The molecule has 19 heavy (non-hydrogen) atoms. The van der Waals surface area contributed by atoms with E-state index in [0.29, 0.717) is 0 Å². The first-order valence-corrected chi connectivity index (χ1v) is 5.80. The highest BCUT2D eigenvalue weighted by Crippen LogP contribution is 2.18. The van der Waals surface area contributed by atoms with Crippen LogP contribution in [0.4, 0.5) is 13.2 Å². The quantitative estimate of drug-likeness (QED) is 0.332. The van der Waals surface area contributed by atoms with Gasteiger partial charge in [0.1, 0.15) is 0 Å². The molecule has 6 nitrogen and oxygen atoms in total. The molecule has 9 heteroatoms. The van der Waals surface area contributed by atoms with Gasteiger partial charge in [-0.15, -0.1) is 0 Å². The zero-order chi connectivity index (χ0) is 14.6. The van der Waals surface area contributed by atoms with Crippen LogP contribution >= 0.6 is 0 Å². The van der Waals surface area contributed by atoms with Crippen molar-refractivity contribution in [3.8, 4) is 0 Å². The summed E-state index contributed by atoms with van der Waals surface area (Å²) >= 11 is 0. The van der Waals surface area contributed by atoms with Crippen LogP contribution < -0.4 is 5.73 Å². The van der Waals surface area contributed by atoms with E-state index in [1.54, 1.807) is 0 Å². The first-order chi connectivity index (χ1) is 8.74. The third-order valence-electron chi connectivity index (χ3n) is 3.02. The van der Waals surface area contributed by atoms with Gasteiger partial charge in [0.05, 0.1) is 12.5 Å². The number of amidine groups is 1. The summed E-state index contributed by atoms with van der Waals surface area (Å²) in [6.07, 6.45) is -4.23. The van der Waals surface area contributed by atoms with Gasteiger partial charge in [0.25, 0.3) is 0 Å². The molecule has 1 rings (SSSR count). The fourth-order valence-electron chi connectivity index (χ4n) is 1.87. The van der Waals surface area contributed by atoms with Crippen molar-refractivity contribution in [1.82, 2.24) is 9.80 Å². The van der Waals surface area contributed by atoms with Gasteiger partial charge in [-0.25, -0.2) is 0 Å². The molecular weight excluding hydrogens is 265 g/mol. The number of nitrogens with two attached hydrogens (primary N) is 1. The maximum Gasteiger partial charge on any atom is 0.401 e. The van der Waals surface area contributed by atoms with Crippen LogP contribution in [0.3, 0.4) is 0 Å². The lowest BCUT2D eigenvalue weighted by molar-refractivity contribution is -0.152. The summed E-state index contributed by atoms with van der Waals surface area (Å²) in [6, 6.07) is 0. The molecule has 0 aliphatic carbocycles. The first kappa shape index (κ1) is 15.5. The molecule has 1 fully saturated rings. The molecule has 0 radical (unpaired) electrons. The van der Waals surface area contributed by atoms with E-state index in [1.165, 1.54) is 16.7 Å². The molecule has 0 saturated carbocycles. The summed E-state index contributed by atoms with van der Waals surface area (Å²) in [6.45, 7) is 1.25. The number of nitrogens with zero attached hydrogens (tertiary/aromatic N) is 3. The molecule has 1 unspecified atom stereocenters. The zero-order valence-corrected chi connectivity index (χ0v) is 10.5. The van der Waals surface area contributed by atoms with Crippen molar-refractivity contribution < 1.29 is 23.2 Å². The van der Waals surface area contributed by atoms with E-state index in [9.17, 15) is 18.0 Å². The standard InChI is InChI=1S/C10H17F3N4O2/c1-7(8(14)15-19)9(18)17-4-2-16(3-5-17)6-10(11,12)13/h7,19H,2-6H2,1H3,(H2,14,15). The normalized spacial score (nSPS) is 20.4. The Hall–Kier alpha value is -1.51. The van der Waals surface area contributed by atoms with Gasteiger partial charge in [-0.1, -0.05) is 5.16 Å². The Labute approximate surface area is 108 Å². The third-order valence-corrected chi connectivity index (χ3v) is 3.02. The smallest absolute Gasteiger partial charge is 0.401 e. The van der Waals surface area contributed by atoms with Crippen molar-refractivity contribution in [3.63, 3.8) is 0 Å². The summed E-state index contributed by atoms with van der Waals surface area (Å²) in [5, 5.41) is 11.2. The monoisotopic (exact) mass is 282 g/mol. The van der Waals surface area contributed by atoms with Crippen LogP contribution in [0.25, 0.3) is 0 Å². The number of rotatable bonds is 3. The lowest BCUT2D eigenvalue weighted by Gasteiger charge is -2.36. The summed E-state index contributed by atoms with van der Waals surface area (Å²) in [5.41, 5.74) is 5.33. The number of carbonyl (C=O) groups excluding carboxylic acids is 1. The molecule has 0 aromatic heterocycles. The van der Waals surface area contributed by atoms with Crippen LogP contribution in [-0.2, 0) is 4.79 Å². The molecule has 110 valence electrons. The molecule has 1 amide bonds. The average Bonchev–Trinajstić information content (AvgIpc) is 2.35. The summed E-state index contributed by atoms with van der Waals surface area (Å²) < 4.78 is 36.6. The van der Waals surface area contributed by atoms with Crippen molar-refractivity contribution in [1.29, 1.82) is 0 Å². The van der Waals surface area contributed by atoms with Gasteiger partial charge in [0.2, 0.25) is 5.91 Å². The van der Waals surface area contributed by atoms with Crippen LogP contribution in [0.15, 0.2) is 5.16 Å². The van der Waals surface area contributed by atoms with Crippen LogP contribution in [0, 0.1) is 5.92 Å². The van der Waals surface area contributed by atoms with Crippen molar-refractivity contribution in [3.05, 3.63) is 0 Å². The molecule has 3 N–H and O–H groups in total. The molecule has 1 heterocycles. The number of piperazine rings is 1. The number of alkyl halides is 3. The molecule has 1 aliphatic heterocycles. The molecule has 1 saturated heterocycles. The highest BCUT2D eigenvalue weighted by molar-refractivity contribution is 6.01. The van der Waals surface area contributed by atoms with Gasteiger partial charge in [0, 0.05) is 26.2 Å². The lowest BCUT2D eigenvalue weighted by atomic mass is 10.1. The summed E-state index contributed by atoms with van der Waals surface area (Å²) in [4.78, 5) is 14.6. The van der Waals surface area contributed by atoms with E-state index >= 15 is 0 Å². The average molecular weight is 282 g/mol. The van der Waals surface area contributed by atoms with Gasteiger partial charge in [-0.3, -0.25) is 9.69 Å². The molecule has 1 atom stereocenters. The summed E-state index contributed by atoms with van der Waals surface area (Å²) in [5.74, 6) is -1.33. The van der Waals surface area contributed by atoms with Crippen molar-refractivity contribution in [2.75, 3.05) is 32.7 Å². The van der Waals surface area contributed by atoms with Crippen LogP contribution in [0.5, 0.6) is 0 Å². The van der Waals surface area contributed by atoms with Crippen molar-refractivity contribution in [2.24, 2.45) is 16.8 Å². The molecule has 1 aliphatic rings. The second-order valence-electron chi connectivity index (χ2n) is 4.46. The number of oxime groups is 1. The van der Waals surface area contributed by atoms with Gasteiger partial charge in [-0.05, 0) is 6.92 Å². The van der Waals surface area contributed by atoms with Crippen molar-refractivity contribution >= 4 is 11.7 Å². The third kappa shape index (κ3) is 4.58. The molecular formula is C10H17F3N4O2. The Morgan fingerprint density at radius 1 is 1.37 bits per heavy atom. The minimum Gasteiger partial charge on any atom is -0.409 e. The van der Waals surface area contributed by atoms with Crippen LogP contribution in [-0.4, -0.2) is 65.6 Å². The molecule has 0 bridgehead atoms. The lowest BCUT2D eigenvalue weighted by Crippen LogP contribution is -2.53. The first-order valence-electron chi connectivity index (χ1n) is 5.80. The van der Waals surface area contributed by atoms with E-state index < -0.39 is 18.6 Å². The fourth-order valence-corrected chi connectivity index (χ4v) is 1.87. The Kier molecular flexibility index (Phi) is 4.98. The van der Waals surface area contributed by atoms with E-state index in [2.05, 4.69) is 5.16 Å². The predicted molar refractivity (Wildman–Crippen MR) is 61.6 cm³/mol. The number of carbonyl (C=O) groups is 1.